The van der Waals surface area contributed by atoms with Gasteiger partial charge in [0.15, 0.2) is 11.5 Å². The third-order valence-electron chi connectivity index (χ3n) is 3.92. The molecule has 0 amide bonds. The summed E-state index contributed by atoms with van der Waals surface area (Å²) in [6.45, 7) is 3.01. The van der Waals surface area contributed by atoms with Crippen molar-refractivity contribution in [3.63, 3.8) is 0 Å². The molecule has 1 aliphatic heterocycles. The number of nitrogens with zero attached hydrogens (tertiary/aromatic N) is 1. The lowest BCUT2D eigenvalue weighted by Crippen LogP contribution is -2.40. The van der Waals surface area contributed by atoms with E-state index in [-0.39, 0.29) is 12.4 Å². The number of hydrogen-bond donors (Lipinski definition) is 1. The Hall–Kier alpha value is -0.680. The lowest BCUT2D eigenvalue weighted by atomic mass is 10.0. The fourth-order valence-electron chi connectivity index (χ4n) is 2.70. The Morgan fingerprint density at radius 3 is 2.48 bits per heavy atom. The van der Waals surface area contributed by atoms with Crippen LogP contribution >= 0.6 is 24.0 Å². The minimum absolute atomic E-state index is 0. The Morgan fingerprint density at radius 1 is 1.24 bits per heavy atom. The molecule has 4 nitrogen and oxygen atoms in total. The monoisotopic (exact) mass is 334 g/mol. The summed E-state index contributed by atoms with van der Waals surface area (Å²) in [7, 11) is 5.39. The Balaban J connectivity index is 0.00000220. The number of methoxy groups -OCH3 is 2. The van der Waals surface area contributed by atoms with Crippen LogP contribution in [0.2, 0.25) is 5.02 Å². The molecule has 0 bridgehead atoms. The average molecular weight is 335 g/mol. The van der Waals surface area contributed by atoms with Crippen LogP contribution in [0, 0.1) is 0 Å². The van der Waals surface area contributed by atoms with Gasteiger partial charge in [0.25, 0.3) is 0 Å². The Labute approximate surface area is 138 Å². The standard InChI is InChI=1S/C15H23ClN2O2.ClH/c1-18(12-6-8-17-9-7-12)10-11-4-5-13(19-2)15(20-3)14(11)16;/h4-5,12,17H,6-10H2,1-3H3;1H. The van der Waals surface area contributed by atoms with Gasteiger partial charge in [-0.3, -0.25) is 4.90 Å². The van der Waals surface area contributed by atoms with E-state index in [1.807, 2.05) is 12.1 Å². The number of benzene rings is 1. The molecule has 0 radical (unpaired) electrons. The summed E-state index contributed by atoms with van der Waals surface area (Å²) >= 11 is 6.43. The zero-order valence-electron chi connectivity index (χ0n) is 12.8. The summed E-state index contributed by atoms with van der Waals surface area (Å²) < 4.78 is 10.6. The smallest absolute Gasteiger partial charge is 0.179 e. The first-order valence-electron chi connectivity index (χ1n) is 6.97. The maximum atomic E-state index is 6.43. The van der Waals surface area contributed by atoms with Crippen LogP contribution in [0.15, 0.2) is 12.1 Å². The van der Waals surface area contributed by atoms with Crippen LogP contribution in [-0.4, -0.2) is 45.3 Å². The van der Waals surface area contributed by atoms with Gasteiger partial charge in [0.1, 0.15) is 0 Å². The molecule has 0 saturated carbocycles. The Kier molecular flexibility index (Phi) is 7.60. The van der Waals surface area contributed by atoms with E-state index in [1.54, 1.807) is 14.2 Å². The van der Waals surface area contributed by atoms with Gasteiger partial charge in [-0.1, -0.05) is 17.7 Å². The number of ether oxygens (including phenoxy) is 2. The van der Waals surface area contributed by atoms with Crippen molar-refractivity contribution in [2.45, 2.75) is 25.4 Å². The van der Waals surface area contributed by atoms with Crippen LogP contribution in [0.4, 0.5) is 0 Å². The molecule has 1 aromatic carbocycles. The maximum absolute atomic E-state index is 6.43. The van der Waals surface area contributed by atoms with E-state index in [9.17, 15) is 0 Å². The quantitative estimate of drug-likeness (QED) is 0.897. The molecular weight excluding hydrogens is 311 g/mol. The van der Waals surface area contributed by atoms with Gasteiger partial charge in [0.2, 0.25) is 0 Å². The number of halogens is 2. The van der Waals surface area contributed by atoms with Gasteiger partial charge in [-0.2, -0.15) is 0 Å². The van der Waals surface area contributed by atoms with Crippen LogP contribution in [0.25, 0.3) is 0 Å². The first-order chi connectivity index (χ1) is 9.67. The Bertz CT molecular complexity index is 452. The second kappa shape index (κ2) is 8.69. The summed E-state index contributed by atoms with van der Waals surface area (Å²) in [6.07, 6.45) is 2.36. The Morgan fingerprint density at radius 2 is 1.90 bits per heavy atom. The van der Waals surface area contributed by atoms with E-state index < -0.39 is 0 Å². The van der Waals surface area contributed by atoms with E-state index in [0.717, 1.165) is 25.2 Å². The number of piperidine rings is 1. The molecule has 1 heterocycles. The zero-order chi connectivity index (χ0) is 14.5. The minimum Gasteiger partial charge on any atom is -0.493 e. The van der Waals surface area contributed by atoms with Gasteiger partial charge in [-0.05, 0) is 44.6 Å². The van der Waals surface area contributed by atoms with Gasteiger partial charge in [0, 0.05) is 12.6 Å². The van der Waals surface area contributed by atoms with Crippen molar-refractivity contribution >= 4 is 24.0 Å². The van der Waals surface area contributed by atoms with Crippen LogP contribution < -0.4 is 14.8 Å². The molecule has 1 N–H and O–H groups in total. The summed E-state index contributed by atoms with van der Waals surface area (Å²) in [5.41, 5.74) is 1.07. The highest BCUT2D eigenvalue weighted by molar-refractivity contribution is 6.33. The van der Waals surface area contributed by atoms with E-state index in [4.69, 9.17) is 21.1 Å². The zero-order valence-corrected chi connectivity index (χ0v) is 14.4. The van der Waals surface area contributed by atoms with Crippen molar-refractivity contribution < 1.29 is 9.47 Å². The van der Waals surface area contributed by atoms with Gasteiger partial charge in [0.05, 0.1) is 19.2 Å². The third kappa shape index (κ3) is 4.39. The van der Waals surface area contributed by atoms with Crippen molar-refractivity contribution in [3.8, 4) is 11.5 Å². The van der Waals surface area contributed by atoms with Crippen molar-refractivity contribution in [3.05, 3.63) is 22.7 Å². The highest BCUT2D eigenvalue weighted by atomic mass is 35.5. The molecule has 0 unspecified atom stereocenters. The van der Waals surface area contributed by atoms with E-state index in [0.29, 0.717) is 22.6 Å². The number of nitrogens with one attached hydrogen (secondary N) is 1. The average Bonchev–Trinajstić information content (AvgIpc) is 2.49. The van der Waals surface area contributed by atoms with Crippen LogP contribution in [-0.2, 0) is 6.54 Å². The van der Waals surface area contributed by atoms with Gasteiger partial charge < -0.3 is 14.8 Å². The second-order valence-corrected chi connectivity index (χ2v) is 5.55. The fourth-order valence-corrected chi connectivity index (χ4v) is 2.99. The molecule has 1 saturated heterocycles. The van der Waals surface area contributed by atoms with Crippen molar-refractivity contribution in [1.29, 1.82) is 0 Å². The fraction of sp³-hybridized carbons (Fsp3) is 0.600. The number of rotatable bonds is 5. The first-order valence-corrected chi connectivity index (χ1v) is 7.35. The van der Waals surface area contributed by atoms with Gasteiger partial charge in [-0.15, -0.1) is 12.4 Å². The van der Waals surface area contributed by atoms with E-state index in [2.05, 4.69) is 17.3 Å². The van der Waals surface area contributed by atoms with E-state index >= 15 is 0 Å². The van der Waals surface area contributed by atoms with Crippen molar-refractivity contribution in [2.75, 3.05) is 34.4 Å². The summed E-state index contributed by atoms with van der Waals surface area (Å²) in [5.74, 6) is 1.29. The van der Waals surface area contributed by atoms with Crippen molar-refractivity contribution in [1.82, 2.24) is 10.2 Å². The SMILES string of the molecule is COc1ccc(CN(C)C2CCNCC2)c(Cl)c1OC.Cl. The summed E-state index contributed by atoms with van der Waals surface area (Å²) in [4.78, 5) is 2.37. The summed E-state index contributed by atoms with van der Waals surface area (Å²) in [5, 5.41) is 4.03. The molecule has 1 aromatic rings. The maximum Gasteiger partial charge on any atom is 0.179 e. The first kappa shape index (κ1) is 18.4. The normalized spacial score (nSPS) is 15.7. The molecule has 1 fully saturated rings. The van der Waals surface area contributed by atoms with Crippen LogP contribution in [0.1, 0.15) is 18.4 Å². The van der Waals surface area contributed by atoms with Crippen LogP contribution in [0.3, 0.4) is 0 Å². The lowest BCUT2D eigenvalue weighted by Gasteiger charge is -2.32. The van der Waals surface area contributed by atoms with Crippen molar-refractivity contribution in [2.24, 2.45) is 0 Å². The largest absolute Gasteiger partial charge is 0.493 e. The predicted octanol–water partition coefficient (Wildman–Crippen LogP) is 2.96. The molecule has 6 heteroatoms. The molecule has 120 valence electrons. The molecule has 2 rings (SSSR count). The third-order valence-corrected chi connectivity index (χ3v) is 4.33. The molecular formula is C15H24Cl2N2O2. The second-order valence-electron chi connectivity index (χ2n) is 5.17. The topological polar surface area (TPSA) is 33.7 Å². The van der Waals surface area contributed by atoms with Gasteiger partial charge >= 0.3 is 0 Å². The molecule has 0 aromatic heterocycles. The lowest BCUT2D eigenvalue weighted by molar-refractivity contribution is 0.191. The van der Waals surface area contributed by atoms with E-state index in [1.165, 1.54) is 12.8 Å². The molecule has 0 spiro atoms. The number of hydrogen-bond acceptors (Lipinski definition) is 4. The highest BCUT2D eigenvalue weighted by Crippen LogP contribution is 2.37. The molecule has 21 heavy (non-hydrogen) atoms. The minimum atomic E-state index is 0. The van der Waals surface area contributed by atoms with Crippen LogP contribution in [0.5, 0.6) is 11.5 Å². The molecule has 0 atom stereocenters. The predicted molar refractivity (Wildman–Crippen MR) is 89.2 cm³/mol. The van der Waals surface area contributed by atoms with Gasteiger partial charge in [-0.25, -0.2) is 0 Å². The molecule has 1 aliphatic rings. The molecule has 0 aliphatic carbocycles. The highest BCUT2D eigenvalue weighted by Gasteiger charge is 2.20. The summed E-state index contributed by atoms with van der Waals surface area (Å²) in [6, 6.07) is 4.54.